The van der Waals surface area contributed by atoms with Gasteiger partial charge in [0.15, 0.2) is 0 Å². The Morgan fingerprint density at radius 2 is 1.83 bits per heavy atom. The van der Waals surface area contributed by atoms with E-state index < -0.39 is 0 Å². The number of carbonyl (C=O) groups excluding carboxylic acids is 2. The summed E-state index contributed by atoms with van der Waals surface area (Å²) in [4.78, 5) is 30.7. The highest BCUT2D eigenvalue weighted by molar-refractivity contribution is 9.10. The minimum atomic E-state index is -0.326. The Morgan fingerprint density at radius 3 is 2.57 bits per heavy atom. The molecule has 0 radical (unpaired) electrons. The summed E-state index contributed by atoms with van der Waals surface area (Å²) in [5, 5.41) is 3.67. The zero-order chi connectivity index (χ0) is 32.2. The SMILES string of the molecule is CC(=O)N1C[C@H]2CC(c3ccc(CCCOc4cc(F)ccc4Br)cc3)=C(C(=O)N(CCOc3cccc(C)c3)C3CC3)[C@@H](C1)N2. The Kier molecular flexibility index (Phi) is 10.1. The molecule has 46 heavy (non-hydrogen) atoms. The Morgan fingerprint density at radius 1 is 1.02 bits per heavy atom. The molecule has 3 aliphatic rings. The van der Waals surface area contributed by atoms with E-state index in [1.54, 1.807) is 13.0 Å². The molecule has 7 nitrogen and oxygen atoms in total. The average molecular weight is 691 g/mol. The number of hydrogen-bond donors (Lipinski definition) is 1. The molecule has 2 atom stereocenters. The van der Waals surface area contributed by atoms with Crippen molar-refractivity contribution in [2.45, 2.75) is 64.1 Å². The van der Waals surface area contributed by atoms with Gasteiger partial charge in [-0.15, -0.1) is 0 Å². The second kappa shape index (κ2) is 14.4. The summed E-state index contributed by atoms with van der Waals surface area (Å²) < 4.78 is 26.2. The molecule has 1 saturated carbocycles. The minimum absolute atomic E-state index is 0.0374. The number of halogens is 2. The van der Waals surface area contributed by atoms with Crippen molar-refractivity contribution in [3.05, 3.63) is 99.3 Å². The van der Waals surface area contributed by atoms with Crippen LogP contribution >= 0.6 is 15.9 Å². The summed E-state index contributed by atoms with van der Waals surface area (Å²) in [5.74, 6) is 1.06. The molecule has 3 aromatic rings. The number of piperazine rings is 1. The van der Waals surface area contributed by atoms with Crippen molar-refractivity contribution in [1.82, 2.24) is 15.1 Å². The molecule has 242 valence electrons. The highest BCUT2D eigenvalue weighted by Gasteiger charge is 2.42. The third kappa shape index (κ3) is 7.81. The van der Waals surface area contributed by atoms with Crippen molar-refractivity contribution in [3.63, 3.8) is 0 Å². The van der Waals surface area contributed by atoms with Gasteiger partial charge in [0.25, 0.3) is 5.91 Å². The van der Waals surface area contributed by atoms with E-state index in [2.05, 4.69) is 45.5 Å². The summed E-state index contributed by atoms with van der Waals surface area (Å²) in [6.07, 6.45) is 4.26. The van der Waals surface area contributed by atoms with Crippen LogP contribution in [0.25, 0.3) is 5.57 Å². The standard InChI is InChI=1S/C37H41BrFN3O4/c1-24-5-3-7-31(19-24)45-18-16-42(30-13-14-30)37(44)36-32(21-29-22-41(25(2)43)23-34(36)40-29)27-10-8-26(9-11-27)6-4-17-46-35-20-28(39)12-15-33(35)38/h3,5,7-12,15,19-20,29-30,34,40H,4,6,13-14,16-18,21-23H2,1-2H3/t29-,34-/m1/s1. The second-order valence-corrected chi connectivity index (χ2v) is 13.4. The lowest BCUT2D eigenvalue weighted by atomic mass is 9.82. The molecule has 0 spiro atoms. The summed E-state index contributed by atoms with van der Waals surface area (Å²) in [7, 11) is 0. The van der Waals surface area contributed by atoms with Gasteiger partial charge in [0.2, 0.25) is 5.91 Å². The lowest BCUT2D eigenvalue weighted by molar-refractivity contribution is -0.132. The molecule has 1 aliphatic carbocycles. The molecule has 2 aliphatic heterocycles. The molecule has 2 heterocycles. The number of nitrogens with one attached hydrogen (secondary N) is 1. The third-order valence-electron chi connectivity index (χ3n) is 8.98. The fourth-order valence-electron chi connectivity index (χ4n) is 6.50. The molecule has 6 rings (SSSR count). The number of carbonyl (C=O) groups is 2. The van der Waals surface area contributed by atoms with Gasteiger partial charge in [-0.2, -0.15) is 0 Å². The van der Waals surface area contributed by atoms with Crippen LogP contribution in [0.15, 0.2) is 76.8 Å². The first-order valence-corrected chi connectivity index (χ1v) is 17.0. The first-order valence-electron chi connectivity index (χ1n) is 16.2. The highest BCUT2D eigenvalue weighted by Crippen LogP contribution is 2.37. The number of fused-ring (bicyclic) bond motifs is 2. The topological polar surface area (TPSA) is 71.1 Å². The lowest BCUT2D eigenvalue weighted by Gasteiger charge is -2.44. The zero-order valence-electron chi connectivity index (χ0n) is 26.4. The van der Waals surface area contributed by atoms with E-state index in [-0.39, 0.29) is 35.8 Å². The van der Waals surface area contributed by atoms with E-state index in [1.165, 1.54) is 17.7 Å². The maximum absolute atomic E-state index is 14.5. The van der Waals surface area contributed by atoms with Crippen molar-refractivity contribution >= 4 is 33.3 Å². The molecule has 9 heteroatoms. The van der Waals surface area contributed by atoms with Crippen LogP contribution in [0, 0.1) is 12.7 Å². The van der Waals surface area contributed by atoms with Gasteiger partial charge in [-0.05, 0) is 101 Å². The van der Waals surface area contributed by atoms with Gasteiger partial charge in [-0.1, -0.05) is 36.4 Å². The van der Waals surface area contributed by atoms with E-state index in [0.717, 1.165) is 58.2 Å². The maximum Gasteiger partial charge on any atom is 0.252 e. The van der Waals surface area contributed by atoms with E-state index in [1.807, 2.05) is 41.0 Å². The van der Waals surface area contributed by atoms with Gasteiger partial charge in [-0.25, -0.2) is 4.39 Å². The summed E-state index contributed by atoms with van der Waals surface area (Å²) in [6.45, 7) is 6.15. The van der Waals surface area contributed by atoms with E-state index in [0.29, 0.717) is 45.0 Å². The summed E-state index contributed by atoms with van der Waals surface area (Å²) >= 11 is 3.41. The number of aryl methyl sites for hydroxylation is 2. The first-order chi connectivity index (χ1) is 22.2. The van der Waals surface area contributed by atoms with E-state index in [9.17, 15) is 14.0 Å². The molecule has 2 bridgehead atoms. The van der Waals surface area contributed by atoms with Gasteiger partial charge in [0, 0.05) is 43.7 Å². The van der Waals surface area contributed by atoms with Crippen LogP contribution in [0.3, 0.4) is 0 Å². The van der Waals surface area contributed by atoms with Crippen LogP contribution in [-0.2, 0) is 16.0 Å². The quantitative estimate of drug-likeness (QED) is 0.225. The van der Waals surface area contributed by atoms with Crippen molar-refractivity contribution in [2.24, 2.45) is 0 Å². The summed E-state index contributed by atoms with van der Waals surface area (Å²) in [5.41, 5.74) is 5.19. The largest absolute Gasteiger partial charge is 0.492 e. The first kappa shape index (κ1) is 32.3. The van der Waals surface area contributed by atoms with Gasteiger partial charge in [-0.3, -0.25) is 9.59 Å². The predicted octanol–water partition coefficient (Wildman–Crippen LogP) is 6.32. The van der Waals surface area contributed by atoms with Crippen molar-refractivity contribution < 1.29 is 23.5 Å². The average Bonchev–Trinajstić information content (AvgIpc) is 3.88. The number of amides is 2. The second-order valence-electron chi connectivity index (χ2n) is 12.6. The van der Waals surface area contributed by atoms with Crippen LogP contribution in [0.2, 0.25) is 0 Å². The van der Waals surface area contributed by atoms with Gasteiger partial charge in [0.1, 0.15) is 23.9 Å². The van der Waals surface area contributed by atoms with Gasteiger partial charge in [0.05, 0.1) is 23.7 Å². The molecule has 0 unspecified atom stereocenters. The molecular weight excluding hydrogens is 649 g/mol. The monoisotopic (exact) mass is 689 g/mol. The fourth-order valence-corrected chi connectivity index (χ4v) is 6.86. The number of hydrogen-bond acceptors (Lipinski definition) is 5. The van der Waals surface area contributed by atoms with Crippen LogP contribution in [0.4, 0.5) is 4.39 Å². The van der Waals surface area contributed by atoms with Crippen LogP contribution in [0.5, 0.6) is 11.5 Å². The third-order valence-corrected chi connectivity index (χ3v) is 9.64. The summed E-state index contributed by atoms with van der Waals surface area (Å²) in [6, 6.07) is 21.0. The van der Waals surface area contributed by atoms with Gasteiger partial charge < -0.3 is 24.6 Å². The molecule has 0 aromatic heterocycles. The Hall–Kier alpha value is -3.69. The number of nitrogens with zero attached hydrogens (tertiary/aromatic N) is 2. The van der Waals surface area contributed by atoms with Crippen LogP contribution in [0.1, 0.15) is 49.3 Å². The molecule has 3 aromatic carbocycles. The number of rotatable bonds is 12. The highest BCUT2D eigenvalue weighted by atomic mass is 79.9. The molecular formula is C37H41BrFN3O4. The Balaban J connectivity index is 1.18. The smallest absolute Gasteiger partial charge is 0.252 e. The van der Waals surface area contributed by atoms with E-state index >= 15 is 0 Å². The molecule has 2 fully saturated rings. The van der Waals surface area contributed by atoms with Crippen molar-refractivity contribution in [1.29, 1.82) is 0 Å². The molecule has 1 saturated heterocycles. The Labute approximate surface area is 278 Å². The lowest BCUT2D eigenvalue weighted by Crippen LogP contribution is -2.62. The van der Waals surface area contributed by atoms with Crippen LogP contribution in [-0.4, -0.2) is 72.6 Å². The van der Waals surface area contributed by atoms with Crippen molar-refractivity contribution in [3.8, 4) is 11.5 Å². The zero-order valence-corrected chi connectivity index (χ0v) is 28.0. The minimum Gasteiger partial charge on any atom is -0.492 e. The predicted molar refractivity (Wildman–Crippen MR) is 180 cm³/mol. The number of benzene rings is 3. The fraction of sp³-hybridized carbons (Fsp3) is 0.405. The number of ether oxygens (including phenoxy) is 2. The molecule has 1 N–H and O–H groups in total. The Bertz CT molecular complexity index is 1610. The molecule has 2 amide bonds. The van der Waals surface area contributed by atoms with E-state index in [4.69, 9.17) is 9.47 Å². The van der Waals surface area contributed by atoms with Crippen molar-refractivity contribution in [2.75, 3.05) is 32.8 Å². The van der Waals surface area contributed by atoms with Crippen LogP contribution < -0.4 is 14.8 Å². The maximum atomic E-state index is 14.5. The normalized spacial score (nSPS) is 19.2. The van der Waals surface area contributed by atoms with Gasteiger partial charge >= 0.3 is 0 Å².